The molecule has 0 aliphatic rings. The Hall–Kier alpha value is -1.13. The number of aromatic nitrogens is 2. The Bertz CT molecular complexity index is 519. The molecule has 0 atom stereocenters. The van der Waals surface area contributed by atoms with Crippen LogP contribution in [0.4, 0.5) is 4.39 Å². The van der Waals surface area contributed by atoms with Gasteiger partial charge in [-0.3, -0.25) is 0 Å². The first kappa shape index (κ1) is 11.4. The summed E-state index contributed by atoms with van der Waals surface area (Å²) in [6.07, 6.45) is 1.65. The van der Waals surface area contributed by atoms with Crippen molar-refractivity contribution in [3.63, 3.8) is 0 Å². The third-order valence-electron chi connectivity index (χ3n) is 1.91. The van der Waals surface area contributed by atoms with E-state index in [1.807, 2.05) is 13.0 Å². The molecule has 0 saturated heterocycles. The Morgan fingerprint density at radius 1 is 1.38 bits per heavy atom. The van der Waals surface area contributed by atoms with Gasteiger partial charge in [-0.25, -0.2) is 14.4 Å². The largest absolute Gasteiger partial charge is 0.226 e. The Balaban J connectivity index is 2.30. The van der Waals surface area contributed by atoms with Crippen molar-refractivity contribution in [1.29, 1.82) is 0 Å². The van der Waals surface area contributed by atoms with Gasteiger partial charge in [-0.05, 0) is 36.7 Å². The van der Waals surface area contributed by atoms with Crippen LogP contribution in [-0.2, 0) is 0 Å². The molecule has 82 valence electrons. The minimum absolute atomic E-state index is 0.199. The number of rotatable bonds is 2. The summed E-state index contributed by atoms with van der Waals surface area (Å²) >= 11 is 7.07. The van der Waals surface area contributed by atoms with Gasteiger partial charge in [0.05, 0.1) is 0 Å². The third kappa shape index (κ3) is 2.71. The van der Waals surface area contributed by atoms with Crippen molar-refractivity contribution in [2.24, 2.45) is 0 Å². The molecule has 2 nitrogen and oxygen atoms in total. The van der Waals surface area contributed by atoms with E-state index in [-0.39, 0.29) is 11.1 Å². The Labute approximate surface area is 102 Å². The summed E-state index contributed by atoms with van der Waals surface area (Å²) in [4.78, 5) is 8.75. The van der Waals surface area contributed by atoms with E-state index in [1.165, 1.54) is 23.9 Å². The summed E-state index contributed by atoms with van der Waals surface area (Å²) in [5.74, 6) is -0.261. The lowest BCUT2D eigenvalue weighted by molar-refractivity contribution is 0.624. The molecular formula is C11H8ClFN2S. The molecule has 5 heteroatoms. The first-order valence-electron chi connectivity index (χ1n) is 4.58. The smallest absolute Gasteiger partial charge is 0.223 e. The molecule has 1 aromatic carbocycles. The van der Waals surface area contributed by atoms with Crippen LogP contribution in [0.25, 0.3) is 0 Å². The minimum atomic E-state index is -0.261. The normalized spacial score (nSPS) is 10.4. The number of nitrogens with zero attached hydrogens (tertiary/aromatic N) is 2. The second kappa shape index (κ2) is 4.80. The monoisotopic (exact) mass is 254 g/mol. The van der Waals surface area contributed by atoms with E-state index in [0.717, 1.165) is 15.5 Å². The maximum absolute atomic E-state index is 13.0. The van der Waals surface area contributed by atoms with Gasteiger partial charge >= 0.3 is 0 Å². The number of hydrogen-bond acceptors (Lipinski definition) is 3. The van der Waals surface area contributed by atoms with Crippen LogP contribution in [0.2, 0.25) is 5.28 Å². The van der Waals surface area contributed by atoms with Crippen molar-refractivity contribution in [3.05, 3.63) is 47.1 Å². The van der Waals surface area contributed by atoms with E-state index in [4.69, 9.17) is 11.6 Å². The number of aryl methyl sites for hydroxylation is 1. The quantitative estimate of drug-likeness (QED) is 0.603. The van der Waals surface area contributed by atoms with Gasteiger partial charge in [-0.2, -0.15) is 0 Å². The molecule has 1 aromatic heterocycles. The number of benzene rings is 1. The highest BCUT2D eigenvalue weighted by Gasteiger charge is 2.05. The fraction of sp³-hybridized carbons (Fsp3) is 0.0909. The van der Waals surface area contributed by atoms with E-state index in [0.29, 0.717) is 0 Å². The highest BCUT2D eigenvalue weighted by molar-refractivity contribution is 7.99. The average molecular weight is 255 g/mol. The molecule has 0 saturated carbocycles. The molecule has 0 aliphatic heterocycles. The van der Waals surface area contributed by atoms with Crippen LogP contribution >= 0.6 is 23.4 Å². The highest BCUT2D eigenvalue weighted by Crippen LogP contribution is 2.29. The molecule has 0 radical (unpaired) electrons. The zero-order chi connectivity index (χ0) is 11.5. The summed E-state index contributed by atoms with van der Waals surface area (Å²) in [7, 11) is 0. The molecule has 0 unspecified atom stereocenters. The van der Waals surface area contributed by atoms with E-state index in [9.17, 15) is 4.39 Å². The molecule has 2 rings (SSSR count). The summed E-state index contributed by atoms with van der Waals surface area (Å²) in [5.41, 5.74) is 0.915. The molecule has 16 heavy (non-hydrogen) atoms. The Morgan fingerprint density at radius 2 is 2.19 bits per heavy atom. The summed E-state index contributed by atoms with van der Waals surface area (Å²) in [6, 6.07) is 6.35. The molecule has 0 N–H and O–H groups in total. The van der Waals surface area contributed by atoms with Crippen LogP contribution in [0.1, 0.15) is 5.56 Å². The SMILES string of the molecule is Cc1cnc(Cl)nc1Sc1cccc(F)c1. The van der Waals surface area contributed by atoms with Crippen LogP contribution in [0.3, 0.4) is 0 Å². The lowest BCUT2D eigenvalue weighted by Crippen LogP contribution is -1.89. The molecule has 0 amide bonds. The van der Waals surface area contributed by atoms with Gasteiger partial charge < -0.3 is 0 Å². The van der Waals surface area contributed by atoms with Crippen molar-refractivity contribution in [2.75, 3.05) is 0 Å². The fourth-order valence-electron chi connectivity index (χ4n) is 1.15. The zero-order valence-electron chi connectivity index (χ0n) is 8.45. The van der Waals surface area contributed by atoms with E-state index >= 15 is 0 Å². The molecule has 1 heterocycles. The second-order valence-corrected chi connectivity index (χ2v) is 4.59. The highest BCUT2D eigenvalue weighted by atomic mass is 35.5. The maximum atomic E-state index is 13.0. The van der Waals surface area contributed by atoms with Crippen molar-refractivity contribution in [3.8, 4) is 0 Å². The third-order valence-corrected chi connectivity index (χ3v) is 3.18. The van der Waals surface area contributed by atoms with Gasteiger partial charge in [0.2, 0.25) is 5.28 Å². The lowest BCUT2D eigenvalue weighted by Gasteiger charge is -2.04. The molecule has 0 spiro atoms. The molecule has 0 aliphatic carbocycles. The number of hydrogen-bond donors (Lipinski definition) is 0. The van der Waals surface area contributed by atoms with Crippen LogP contribution in [-0.4, -0.2) is 9.97 Å². The summed E-state index contributed by atoms with van der Waals surface area (Å²) < 4.78 is 13.0. The fourth-order valence-corrected chi connectivity index (χ4v) is 2.22. The Kier molecular flexibility index (Phi) is 3.41. The van der Waals surface area contributed by atoms with Crippen molar-refractivity contribution in [1.82, 2.24) is 9.97 Å². The summed E-state index contributed by atoms with van der Waals surface area (Å²) in [5, 5.41) is 0.940. The second-order valence-electron chi connectivity index (χ2n) is 3.19. The predicted octanol–water partition coefficient (Wildman–Crippen LogP) is 3.73. The molecule has 0 fully saturated rings. The first-order chi connectivity index (χ1) is 7.65. The van der Waals surface area contributed by atoms with Crippen LogP contribution < -0.4 is 0 Å². The lowest BCUT2D eigenvalue weighted by atomic mass is 10.3. The van der Waals surface area contributed by atoms with Crippen molar-refractivity contribution >= 4 is 23.4 Å². The average Bonchev–Trinajstić information content (AvgIpc) is 2.24. The zero-order valence-corrected chi connectivity index (χ0v) is 10.0. The molecular weight excluding hydrogens is 247 g/mol. The van der Waals surface area contributed by atoms with Gasteiger partial charge in [0.25, 0.3) is 0 Å². The van der Waals surface area contributed by atoms with Gasteiger partial charge in [-0.15, -0.1) is 0 Å². The van der Waals surface area contributed by atoms with Crippen LogP contribution in [0.15, 0.2) is 40.4 Å². The van der Waals surface area contributed by atoms with E-state index < -0.39 is 0 Å². The number of halogens is 2. The van der Waals surface area contributed by atoms with Crippen molar-refractivity contribution in [2.45, 2.75) is 16.8 Å². The van der Waals surface area contributed by atoms with Gasteiger partial charge in [0.1, 0.15) is 10.8 Å². The van der Waals surface area contributed by atoms with Gasteiger partial charge in [-0.1, -0.05) is 17.8 Å². The van der Waals surface area contributed by atoms with E-state index in [1.54, 1.807) is 12.3 Å². The van der Waals surface area contributed by atoms with E-state index in [2.05, 4.69) is 9.97 Å². The first-order valence-corrected chi connectivity index (χ1v) is 5.77. The molecule has 0 bridgehead atoms. The minimum Gasteiger partial charge on any atom is -0.226 e. The predicted molar refractivity (Wildman–Crippen MR) is 62.3 cm³/mol. The van der Waals surface area contributed by atoms with Crippen LogP contribution in [0.5, 0.6) is 0 Å². The Morgan fingerprint density at radius 3 is 2.94 bits per heavy atom. The summed E-state index contributed by atoms with van der Waals surface area (Å²) in [6.45, 7) is 1.89. The topological polar surface area (TPSA) is 25.8 Å². The standard InChI is InChI=1S/C11H8ClFN2S/c1-7-6-14-11(12)15-10(7)16-9-4-2-3-8(13)5-9/h2-6H,1H3. The van der Waals surface area contributed by atoms with Gasteiger partial charge in [0.15, 0.2) is 0 Å². The van der Waals surface area contributed by atoms with Gasteiger partial charge in [0, 0.05) is 16.7 Å². The molecule has 2 aromatic rings. The van der Waals surface area contributed by atoms with Crippen molar-refractivity contribution < 1.29 is 4.39 Å². The van der Waals surface area contributed by atoms with Crippen LogP contribution in [0, 0.1) is 12.7 Å². The maximum Gasteiger partial charge on any atom is 0.223 e.